The van der Waals surface area contributed by atoms with Crippen LogP contribution in [-0.4, -0.2) is 11.1 Å². The maximum absolute atomic E-state index is 13.3. The summed E-state index contributed by atoms with van der Waals surface area (Å²) < 4.78 is 13.3. The smallest absolute Gasteiger partial charge is 0.338 e. The fourth-order valence-electron chi connectivity index (χ4n) is 1.83. The van der Waals surface area contributed by atoms with E-state index in [4.69, 9.17) is 10.4 Å². The molecule has 0 spiro atoms. The van der Waals surface area contributed by atoms with Gasteiger partial charge in [0.15, 0.2) is 0 Å². The van der Waals surface area contributed by atoms with Crippen LogP contribution in [0.25, 0.3) is 0 Å². The lowest BCUT2D eigenvalue weighted by atomic mass is 10.0. The molecule has 1 N–H and O–H groups in total. The second-order valence-corrected chi connectivity index (χ2v) is 4.11. The van der Waals surface area contributed by atoms with Crippen LogP contribution in [0.15, 0.2) is 42.5 Å². The second-order valence-electron chi connectivity index (χ2n) is 4.11. The molecule has 2 aromatic carbocycles. The van der Waals surface area contributed by atoms with E-state index in [2.05, 4.69) is 0 Å². The van der Waals surface area contributed by atoms with E-state index < -0.39 is 11.8 Å². The fraction of sp³-hybridized carbons (Fsp3) is 0.0667. The zero-order valence-corrected chi connectivity index (χ0v) is 9.93. The Morgan fingerprint density at radius 3 is 2.63 bits per heavy atom. The van der Waals surface area contributed by atoms with Crippen LogP contribution in [0, 0.1) is 17.1 Å². The SMILES string of the molecule is N#Cc1cccc(Cc2ccc(F)c(C(=O)O)c2)c1. The molecule has 0 aliphatic carbocycles. The van der Waals surface area contributed by atoms with Crippen LogP contribution in [0.5, 0.6) is 0 Å². The molecule has 2 aromatic rings. The number of aromatic carboxylic acids is 1. The van der Waals surface area contributed by atoms with Gasteiger partial charge in [0.2, 0.25) is 0 Å². The molecular formula is C15H10FNO2. The molecule has 0 bridgehead atoms. The monoisotopic (exact) mass is 255 g/mol. The fourth-order valence-corrected chi connectivity index (χ4v) is 1.83. The third-order valence-electron chi connectivity index (χ3n) is 2.73. The number of carbonyl (C=O) groups is 1. The molecular weight excluding hydrogens is 245 g/mol. The molecule has 0 aliphatic rings. The number of carboxylic acids is 1. The number of carboxylic acid groups (broad SMARTS) is 1. The first-order chi connectivity index (χ1) is 9.10. The van der Waals surface area contributed by atoms with Crippen LogP contribution in [-0.2, 0) is 6.42 Å². The molecule has 0 radical (unpaired) electrons. The van der Waals surface area contributed by atoms with Crippen LogP contribution < -0.4 is 0 Å². The highest BCUT2D eigenvalue weighted by Gasteiger charge is 2.11. The van der Waals surface area contributed by atoms with Crippen LogP contribution in [0.1, 0.15) is 27.0 Å². The number of hydrogen-bond donors (Lipinski definition) is 1. The van der Waals surface area contributed by atoms with Gasteiger partial charge in [-0.05, 0) is 41.8 Å². The van der Waals surface area contributed by atoms with Crippen molar-refractivity contribution in [2.24, 2.45) is 0 Å². The van der Waals surface area contributed by atoms with E-state index in [0.29, 0.717) is 17.5 Å². The lowest BCUT2D eigenvalue weighted by Gasteiger charge is -2.04. The molecule has 0 saturated heterocycles. The van der Waals surface area contributed by atoms with E-state index in [1.807, 2.05) is 12.1 Å². The van der Waals surface area contributed by atoms with Gasteiger partial charge in [-0.25, -0.2) is 9.18 Å². The van der Waals surface area contributed by atoms with Gasteiger partial charge in [0.05, 0.1) is 17.2 Å². The summed E-state index contributed by atoms with van der Waals surface area (Å²) in [5, 5.41) is 17.7. The summed E-state index contributed by atoms with van der Waals surface area (Å²) in [4.78, 5) is 10.8. The average molecular weight is 255 g/mol. The predicted octanol–water partition coefficient (Wildman–Crippen LogP) is 2.99. The summed E-state index contributed by atoms with van der Waals surface area (Å²) >= 11 is 0. The number of hydrogen-bond acceptors (Lipinski definition) is 2. The lowest BCUT2D eigenvalue weighted by Crippen LogP contribution is -2.02. The quantitative estimate of drug-likeness (QED) is 0.917. The van der Waals surface area contributed by atoms with Gasteiger partial charge in [-0.15, -0.1) is 0 Å². The number of nitriles is 1. The van der Waals surface area contributed by atoms with E-state index in [9.17, 15) is 9.18 Å². The van der Waals surface area contributed by atoms with Crippen molar-refractivity contribution in [3.8, 4) is 6.07 Å². The summed E-state index contributed by atoms with van der Waals surface area (Å²) in [5.41, 5.74) is 1.77. The van der Waals surface area contributed by atoms with Crippen molar-refractivity contribution in [1.82, 2.24) is 0 Å². The van der Waals surface area contributed by atoms with Gasteiger partial charge in [-0.1, -0.05) is 18.2 Å². The van der Waals surface area contributed by atoms with Crippen molar-refractivity contribution in [3.05, 3.63) is 70.5 Å². The van der Waals surface area contributed by atoms with Gasteiger partial charge in [-0.3, -0.25) is 0 Å². The van der Waals surface area contributed by atoms with Crippen molar-refractivity contribution in [2.75, 3.05) is 0 Å². The summed E-state index contributed by atoms with van der Waals surface area (Å²) in [7, 11) is 0. The highest BCUT2D eigenvalue weighted by Crippen LogP contribution is 2.15. The van der Waals surface area contributed by atoms with Crippen LogP contribution in [0.3, 0.4) is 0 Å². The molecule has 0 amide bonds. The Morgan fingerprint density at radius 1 is 1.21 bits per heavy atom. The van der Waals surface area contributed by atoms with Crippen molar-refractivity contribution in [1.29, 1.82) is 5.26 Å². The Bertz CT molecular complexity index is 674. The van der Waals surface area contributed by atoms with Gasteiger partial charge < -0.3 is 5.11 Å². The van der Waals surface area contributed by atoms with Crippen LogP contribution in [0.4, 0.5) is 4.39 Å². The Hall–Kier alpha value is -2.67. The summed E-state index contributed by atoms with van der Waals surface area (Å²) in [6, 6.07) is 13.1. The lowest BCUT2D eigenvalue weighted by molar-refractivity contribution is 0.0691. The zero-order chi connectivity index (χ0) is 13.8. The highest BCUT2D eigenvalue weighted by atomic mass is 19.1. The zero-order valence-electron chi connectivity index (χ0n) is 9.93. The van der Waals surface area contributed by atoms with Crippen molar-refractivity contribution >= 4 is 5.97 Å². The van der Waals surface area contributed by atoms with Crippen LogP contribution >= 0.6 is 0 Å². The first-order valence-corrected chi connectivity index (χ1v) is 5.61. The van der Waals surface area contributed by atoms with E-state index >= 15 is 0 Å². The topological polar surface area (TPSA) is 61.1 Å². The van der Waals surface area contributed by atoms with E-state index in [-0.39, 0.29) is 5.56 Å². The molecule has 3 nitrogen and oxygen atoms in total. The molecule has 0 fully saturated rings. The van der Waals surface area contributed by atoms with Crippen LogP contribution in [0.2, 0.25) is 0 Å². The Balaban J connectivity index is 2.31. The number of benzene rings is 2. The molecule has 94 valence electrons. The van der Waals surface area contributed by atoms with Gasteiger partial charge in [0.1, 0.15) is 5.82 Å². The average Bonchev–Trinajstić information content (AvgIpc) is 2.41. The van der Waals surface area contributed by atoms with Crippen molar-refractivity contribution in [2.45, 2.75) is 6.42 Å². The minimum absolute atomic E-state index is 0.339. The minimum atomic E-state index is -1.29. The third kappa shape index (κ3) is 2.96. The van der Waals surface area contributed by atoms with E-state index in [1.165, 1.54) is 6.07 Å². The summed E-state index contributed by atoms with van der Waals surface area (Å²) in [6.45, 7) is 0. The Kier molecular flexibility index (Phi) is 3.58. The maximum Gasteiger partial charge on any atom is 0.338 e. The van der Waals surface area contributed by atoms with Crippen molar-refractivity contribution < 1.29 is 14.3 Å². The van der Waals surface area contributed by atoms with Gasteiger partial charge >= 0.3 is 5.97 Å². The molecule has 0 heterocycles. The first-order valence-electron chi connectivity index (χ1n) is 5.61. The number of halogens is 1. The van der Waals surface area contributed by atoms with Gasteiger partial charge in [-0.2, -0.15) is 5.26 Å². The number of rotatable bonds is 3. The summed E-state index contributed by atoms with van der Waals surface area (Å²) in [6.07, 6.45) is 0.454. The second kappa shape index (κ2) is 5.32. The minimum Gasteiger partial charge on any atom is -0.478 e. The molecule has 2 rings (SSSR count). The molecule has 0 unspecified atom stereocenters. The largest absolute Gasteiger partial charge is 0.478 e. The molecule has 0 saturated carbocycles. The Morgan fingerprint density at radius 2 is 1.95 bits per heavy atom. The van der Waals surface area contributed by atoms with E-state index in [1.54, 1.807) is 24.3 Å². The first kappa shape index (κ1) is 12.8. The molecule has 0 aromatic heterocycles. The van der Waals surface area contributed by atoms with Crippen molar-refractivity contribution in [3.63, 3.8) is 0 Å². The van der Waals surface area contributed by atoms with Gasteiger partial charge in [0.25, 0.3) is 0 Å². The molecule has 0 aliphatic heterocycles. The molecule has 0 atom stereocenters. The standard InChI is InChI=1S/C15H10FNO2/c16-14-5-4-11(8-13(14)15(18)19)6-10-2-1-3-12(7-10)9-17/h1-5,7-8H,6H2,(H,18,19). The third-order valence-corrected chi connectivity index (χ3v) is 2.73. The Labute approximate surface area is 109 Å². The van der Waals surface area contributed by atoms with E-state index in [0.717, 1.165) is 11.6 Å². The normalized spacial score (nSPS) is 9.89. The maximum atomic E-state index is 13.3. The summed E-state index contributed by atoms with van der Waals surface area (Å²) in [5.74, 6) is -2.04. The predicted molar refractivity (Wildman–Crippen MR) is 67.3 cm³/mol. The molecule has 4 heteroatoms. The van der Waals surface area contributed by atoms with Gasteiger partial charge in [0, 0.05) is 0 Å². The highest BCUT2D eigenvalue weighted by molar-refractivity contribution is 5.88. The molecule has 19 heavy (non-hydrogen) atoms. The number of nitrogens with zero attached hydrogens (tertiary/aromatic N) is 1.